The normalized spacial score (nSPS) is 20.6. The highest BCUT2D eigenvalue weighted by molar-refractivity contribution is 7.80. The predicted octanol–water partition coefficient (Wildman–Crippen LogP) is 0.649. The van der Waals surface area contributed by atoms with E-state index in [0.717, 1.165) is 5.56 Å². The SMILES string of the molecule is Cc1ccc(C2=NNC(S)N2N)cc1. The lowest BCUT2D eigenvalue weighted by Crippen LogP contribution is -2.42. The van der Waals surface area contributed by atoms with Gasteiger partial charge in [-0.05, 0) is 6.92 Å². The van der Waals surface area contributed by atoms with Gasteiger partial charge in [-0.25, -0.2) is 5.84 Å². The Morgan fingerprint density at radius 2 is 2.07 bits per heavy atom. The molecule has 1 aliphatic heterocycles. The fourth-order valence-corrected chi connectivity index (χ4v) is 1.44. The van der Waals surface area contributed by atoms with E-state index in [2.05, 4.69) is 23.2 Å². The van der Waals surface area contributed by atoms with Gasteiger partial charge in [0.25, 0.3) is 0 Å². The molecule has 0 saturated heterocycles. The Balaban J connectivity index is 2.28. The van der Waals surface area contributed by atoms with Crippen LogP contribution in [-0.2, 0) is 0 Å². The average Bonchev–Trinajstić information content (AvgIpc) is 2.50. The van der Waals surface area contributed by atoms with E-state index in [1.165, 1.54) is 10.6 Å². The first-order valence-electron chi connectivity index (χ1n) is 4.31. The Bertz CT molecular complexity index is 360. The van der Waals surface area contributed by atoms with Crippen LogP contribution in [0.5, 0.6) is 0 Å². The van der Waals surface area contributed by atoms with Crippen LogP contribution >= 0.6 is 12.6 Å². The maximum Gasteiger partial charge on any atom is 0.175 e. The zero-order chi connectivity index (χ0) is 10.1. The molecule has 0 amide bonds. The molecular formula is C9H12N4S. The third-order valence-electron chi connectivity index (χ3n) is 2.10. The van der Waals surface area contributed by atoms with E-state index >= 15 is 0 Å². The van der Waals surface area contributed by atoms with Crippen molar-refractivity contribution in [1.82, 2.24) is 10.4 Å². The minimum atomic E-state index is -0.244. The monoisotopic (exact) mass is 208 g/mol. The van der Waals surface area contributed by atoms with E-state index < -0.39 is 0 Å². The van der Waals surface area contributed by atoms with Crippen LogP contribution in [0.3, 0.4) is 0 Å². The van der Waals surface area contributed by atoms with Gasteiger partial charge in [-0.3, -0.25) is 10.4 Å². The molecule has 3 N–H and O–H groups in total. The lowest BCUT2D eigenvalue weighted by atomic mass is 10.1. The van der Waals surface area contributed by atoms with Crippen LogP contribution in [0.4, 0.5) is 0 Å². The van der Waals surface area contributed by atoms with Crippen molar-refractivity contribution in [3.63, 3.8) is 0 Å². The Kier molecular flexibility index (Phi) is 2.35. The zero-order valence-corrected chi connectivity index (χ0v) is 8.70. The van der Waals surface area contributed by atoms with Crippen molar-refractivity contribution in [2.24, 2.45) is 10.9 Å². The van der Waals surface area contributed by atoms with E-state index in [1.54, 1.807) is 0 Å². The second kappa shape index (κ2) is 3.51. The number of hydrogen-bond donors (Lipinski definition) is 3. The fourth-order valence-electron chi connectivity index (χ4n) is 1.27. The van der Waals surface area contributed by atoms with Crippen molar-refractivity contribution in [2.75, 3.05) is 0 Å². The predicted molar refractivity (Wildman–Crippen MR) is 59.7 cm³/mol. The summed E-state index contributed by atoms with van der Waals surface area (Å²) in [5, 5.41) is 5.58. The van der Waals surface area contributed by atoms with Gasteiger partial charge in [-0.15, -0.1) is 12.6 Å². The van der Waals surface area contributed by atoms with Crippen LogP contribution in [0.25, 0.3) is 0 Å². The van der Waals surface area contributed by atoms with Gasteiger partial charge >= 0.3 is 0 Å². The molecule has 1 heterocycles. The molecule has 2 rings (SSSR count). The second-order valence-corrected chi connectivity index (χ2v) is 3.70. The molecule has 1 aromatic rings. The van der Waals surface area contributed by atoms with E-state index in [9.17, 15) is 0 Å². The van der Waals surface area contributed by atoms with Crippen LogP contribution < -0.4 is 11.3 Å². The van der Waals surface area contributed by atoms with E-state index in [0.29, 0.717) is 5.84 Å². The zero-order valence-electron chi connectivity index (χ0n) is 7.81. The standard InChI is InChI=1S/C9H12N4S/c1-6-2-4-7(5-3-6)8-11-12-9(14)13(8)10/h2-5,9,12,14H,10H2,1H3. The highest BCUT2D eigenvalue weighted by Gasteiger charge is 2.22. The lowest BCUT2D eigenvalue weighted by Gasteiger charge is -2.16. The molecule has 0 fully saturated rings. The van der Waals surface area contributed by atoms with Gasteiger partial charge in [-0.2, -0.15) is 5.10 Å². The molecule has 0 spiro atoms. The fraction of sp³-hybridized carbons (Fsp3) is 0.222. The maximum absolute atomic E-state index is 5.76. The van der Waals surface area contributed by atoms with Crippen LogP contribution in [0.15, 0.2) is 29.4 Å². The van der Waals surface area contributed by atoms with Crippen molar-refractivity contribution in [3.05, 3.63) is 35.4 Å². The largest absolute Gasteiger partial charge is 0.275 e. The quantitative estimate of drug-likeness (QED) is 0.469. The molecular weight excluding hydrogens is 196 g/mol. The molecule has 0 radical (unpaired) electrons. The number of amidine groups is 1. The minimum absolute atomic E-state index is 0.244. The van der Waals surface area contributed by atoms with Crippen molar-refractivity contribution < 1.29 is 0 Å². The number of nitrogens with two attached hydrogens (primary N) is 1. The van der Waals surface area contributed by atoms with E-state index in [1.807, 2.05) is 31.2 Å². The maximum atomic E-state index is 5.76. The summed E-state index contributed by atoms with van der Waals surface area (Å²) in [5.74, 6) is 6.47. The molecule has 14 heavy (non-hydrogen) atoms. The van der Waals surface area contributed by atoms with Crippen LogP contribution in [-0.4, -0.2) is 16.3 Å². The summed E-state index contributed by atoms with van der Waals surface area (Å²) in [6.45, 7) is 2.04. The van der Waals surface area contributed by atoms with Crippen molar-refractivity contribution in [1.29, 1.82) is 0 Å². The number of hydrogen-bond acceptors (Lipinski definition) is 5. The Morgan fingerprint density at radius 3 is 2.57 bits per heavy atom. The van der Waals surface area contributed by atoms with Gasteiger partial charge in [0.1, 0.15) is 0 Å². The lowest BCUT2D eigenvalue weighted by molar-refractivity contribution is 0.412. The van der Waals surface area contributed by atoms with E-state index in [4.69, 9.17) is 5.84 Å². The van der Waals surface area contributed by atoms with Crippen LogP contribution in [0.2, 0.25) is 0 Å². The van der Waals surface area contributed by atoms with Gasteiger partial charge in [0.2, 0.25) is 0 Å². The summed E-state index contributed by atoms with van der Waals surface area (Å²) in [5.41, 5.74) is 4.74. The topological polar surface area (TPSA) is 53.7 Å². The van der Waals surface area contributed by atoms with Crippen LogP contribution in [0.1, 0.15) is 11.1 Å². The number of nitrogens with zero attached hydrogens (tertiary/aromatic N) is 2. The number of rotatable bonds is 1. The third-order valence-corrected chi connectivity index (χ3v) is 2.47. The van der Waals surface area contributed by atoms with Crippen LogP contribution in [0, 0.1) is 6.92 Å². The minimum Gasteiger partial charge on any atom is -0.275 e. The van der Waals surface area contributed by atoms with Crippen molar-refractivity contribution in [2.45, 2.75) is 12.4 Å². The highest BCUT2D eigenvalue weighted by Crippen LogP contribution is 2.12. The Morgan fingerprint density at radius 1 is 1.43 bits per heavy atom. The average molecular weight is 208 g/mol. The van der Waals surface area contributed by atoms with Crippen molar-refractivity contribution >= 4 is 18.5 Å². The molecule has 1 atom stereocenters. The smallest absolute Gasteiger partial charge is 0.175 e. The number of nitrogens with one attached hydrogen (secondary N) is 1. The Labute approximate surface area is 88.2 Å². The van der Waals surface area contributed by atoms with E-state index in [-0.39, 0.29) is 5.50 Å². The second-order valence-electron chi connectivity index (χ2n) is 3.21. The summed E-state index contributed by atoms with van der Waals surface area (Å²) in [6.07, 6.45) is 0. The first-order valence-corrected chi connectivity index (χ1v) is 4.82. The number of hydrazine groups is 1. The van der Waals surface area contributed by atoms with Crippen molar-refractivity contribution in [3.8, 4) is 0 Å². The summed E-state index contributed by atoms with van der Waals surface area (Å²) >= 11 is 4.19. The van der Waals surface area contributed by atoms with Gasteiger partial charge in [0.15, 0.2) is 11.3 Å². The van der Waals surface area contributed by atoms with Gasteiger partial charge in [-0.1, -0.05) is 29.8 Å². The first-order chi connectivity index (χ1) is 6.68. The molecule has 5 heteroatoms. The summed E-state index contributed by atoms with van der Waals surface area (Å²) < 4.78 is 0. The number of benzene rings is 1. The molecule has 1 aromatic carbocycles. The molecule has 0 saturated carbocycles. The summed E-state index contributed by atoms with van der Waals surface area (Å²) in [7, 11) is 0. The molecule has 0 bridgehead atoms. The molecule has 4 nitrogen and oxygen atoms in total. The number of thiol groups is 1. The summed E-state index contributed by atoms with van der Waals surface area (Å²) in [6, 6.07) is 8.03. The highest BCUT2D eigenvalue weighted by atomic mass is 32.1. The molecule has 1 unspecified atom stereocenters. The third kappa shape index (κ3) is 1.56. The van der Waals surface area contributed by atoms with Gasteiger partial charge < -0.3 is 0 Å². The molecule has 0 aliphatic carbocycles. The van der Waals surface area contributed by atoms with Gasteiger partial charge in [0, 0.05) is 5.56 Å². The Hall–Kier alpha value is -1.20. The molecule has 0 aromatic heterocycles. The number of aryl methyl sites for hydroxylation is 1. The first kappa shape index (κ1) is 9.36. The molecule has 1 aliphatic rings. The molecule has 74 valence electrons. The summed E-state index contributed by atoms with van der Waals surface area (Å²) in [4.78, 5) is 0. The van der Waals surface area contributed by atoms with Gasteiger partial charge in [0.05, 0.1) is 0 Å². The number of hydrazone groups is 1.